The summed E-state index contributed by atoms with van der Waals surface area (Å²) in [6.07, 6.45) is 0.989. The molecule has 3 nitrogen and oxygen atoms in total. The second kappa shape index (κ2) is 5.48. The first-order chi connectivity index (χ1) is 10.0. The number of nitrogens with two attached hydrogens (primary N) is 1. The van der Waals surface area contributed by atoms with Crippen LogP contribution in [0.1, 0.15) is 17.5 Å². The minimum absolute atomic E-state index is 0.0488. The Labute approximate surface area is 130 Å². The van der Waals surface area contributed by atoms with E-state index in [0.717, 1.165) is 21.3 Å². The highest BCUT2D eigenvalue weighted by atomic mass is 79.9. The fraction of sp³-hybridized carbons (Fsp3) is 0.188. The molecular formula is C16H14BrFN2O. The normalized spacial score (nSPS) is 14.2. The Hall–Kier alpha value is -1.88. The number of halogens is 2. The third-order valence-electron chi connectivity index (χ3n) is 3.56. The fourth-order valence-corrected chi connectivity index (χ4v) is 3.21. The third kappa shape index (κ3) is 2.93. The summed E-state index contributed by atoms with van der Waals surface area (Å²) in [6, 6.07) is 10.1. The van der Waals surface area contributed by atoms with Crippen LogP contribution >= 0.6 is 15.9 Å². The second-order valence-electron chi connectivity index (χ2n) is 5.15. The van der Waals surface area contributed by atoms with E-state index < -0.39 is 0 Å². The first-order valence-corrected chi connectivity index (χ1v) is 7.46. The molecule has 0 atom stereocenters. The van der Waals surface area contributed by atoms with Gasteiger partial charge >= 0.3 is 0 Å². The van der Waals surface area contributed by atoms with E-state index in [9.17, 15) is 9.18 Å². The number of fused-ring (bicyclic) bond motifs is 1. The fourth-order valence-electron chi connectivity index (χ4n) is 2.65. The van der Waals surface area contributed by atoms with Crippen LogP contribution in [0.3, 0.4) is 0 Å². The molecule has 2 aromatic rings. The van der Waals surface area contributed by atoms with Crippen molar-refractivity contribution in [1.29, 1.82) is 0 Å². The van der Waals surface area contributed by atoms with Crippen molar-refractivity contribution in [2.24, 2.45) is 0 Å². The minimum Gasteiger partial charge on any atom is -0.399 e. The molecule has 108 valence electrons. The van der Waals surface area contributed by atoms with Gasteiger partial charge in [-0.2, -0.15) is 0 Å². The Morgan fingerprint density at radius 3 is 2.76 bits per heavy atom. The van der Waals surface area contributed by atoms with Crippen molar-refractivity contribution in [3.63, 3.8) is 0 Å². The minimum atomic E-state index is -0.269. The number of hydrogen-bond acceptors (Lipinski definition) is 2. The highest BCUT2D eigenvalue weighted by molar-refractivity contribution is 9.10. The summed E-state index contributed by atoms with van der Waals surface area (Å²) >= 11 is 3.40. The Kier molecular flexibility index (Phi) is 3.68. The lowest BCUT2D eigenvalue weighted by atomic mass is 10.00. The van der Waals surface area contributed by atoms with Crippen LogP contribution in [0.5, 0.6) is 0 Å². The van der Waals surface area contributed by atoms with Gasteiger partial charge in [0.25, 0.3) is 0 Å². The van der Waals surface area contributed by atoms with Crippen LogP contribution < -0.4 is 10.6 Å². The van der Waals surface area contributed by atoms with E-state index in [1.165, 1.54) is 12.1 Å². The van der Waals surface area contributed by atoms with E-state index in [1.54, 1.807) is 11.0 Å². The monoisotopic (exact) mass is 348 g/mol. The topological polar surface area (TPSA) is 46.3 Å². The van der Waals surface area contributed by atoms with Crippen LogP contribution in [0.25, 0.3) is 0 Å². The van der Waals surface area contributed by atoms with Crippen LogP contribution in [-0.4, -0.2) is 5.91 Å². The van der Waals surface area contributed by atoms with Crippen molar-refractivity contribution in [3.8, 4) is 0 Å². The number of anilines is 2. The molecule has 1 amide bonds. The first-order valence-electron chi connectivity index (χ1n) is 6.66. The van der Waals surface area contributed by atoms with Crippen molar-refractivity contribution in [3.05, 3.63) is 57.8 Å². The van der Waals surface area contributed by atoms with Gasteiger partial charge in [-0.3, -0.25) is 4.79 Å². The van der Waals surface area contributed by atoms with Crippen LogP contribution in [0.4, 0.5) is 15.8 Å². The number of nitrogens with zero attached hydrogens (tertiary/aromatic N) is 1. The lowest BCUT2D eigenvalue weighted by molar-refractivity contribution is -0.119. The summed E-state index contributed by atoms with van der Waals surface area (Å²) in [6.45, 7) is 0.432. The van der Waals surface area contributed by atoms with Gasteiger partial charge in [-0.1, -0.05) is 15.9 Å². The summed E-state index contributed by atoms with van der Waals surface area (Å²) in [4.78, 5) is 13.9. The van der Waals surface area contributed by atoms with E-state index in [2.05, 4.69) is 15.9 Å². The number of nitrogen functional groups attached to an aromatic ring is 1. The Balaban J connectivity index is 1.96. The lowest BCUT2D eigenvalue weighted by Gasteiger charge is -2.29. The van der Waals surface area contributed by atoms with Gasteiger partial charge in [0, 0.05) is 22.3 Å². The van der Waals surface area contributed by atoms with Crippen LogP contribution in [-0.2, 0) is 17.8 Å². The smallest absolute Gasteiger partial charge is 0.227 e. The zero-order chi connectivity index (χ0) is 15.0. The van der Waals surface area contributed by atoms with Gasteiger partial charge in [0.05, 0.1) is 6.54 Å². The van der Waals surface area contributed by atoms with Gasteiger partial charge in [-0.25, -0.2) is 4.39 Å². The van der Waals surface area contributed by atoms with E-state index >= 15 is 0 Å². The maximum absolute atomic E-state index is 13.3. The number of carbonyl (C=O) groups excluding carboxylic acids is 1. The van der Waals surface area contributed by atoms with Crippen LogP contribution in [0.2, 0.25) is 0 Å². The average molecular weight is 349 g/mol. The molecule has 0 radical (unpaired) electrons. The van der Waals surface area contributed by atoms with Gasteiger partial charge in [-0.05, 0) is 53.9 Å². The zero-order valence-corrected chi connectivity index (χ0v) is 12.9. The summed E-state index contributed by atoms with van der Waals surface area (Å²) in [7, 11) is 0. The van der Waals surface area contributed by atoms with Crippen molar-refractivity contribution in [1.82, 2.24) is 0 Å². The van der Waals surface area contributed by atoms with Crippen LogP contribution in [0, 0.1) is 5.82 Å². The Morgan fingerprint density at radius 2 is 2.00 bits per heavy atom. The quantitative estimate of drug-likeness (QED) is 0.842. The second-order valence-corrected chi connectivity index (χ2v) is 6.06. The molecule has 0 saturated carbocycles. The molecule has 0 saturated heterocycles. The van der Waals surface area contributed by atoms with Gasteiger partial charge in [-0.15, -0.1) is 0 Å². The van der Waals surface area contributed by atoms with Crippen molar-refractivity contribution < 1.29 is 9.18 Å². The highest BCUT2D eigenvalue weighted by Gasteiger charge is 2.24. The summed E-state index contributed by atoms with van der Waals surface area (Å²) in [5, 5.41) is 0. The predicted molar refractivity (Wildman–Crippen MR) is 84.5 cm³/mol. The van der Waals surface area contributed by atoms with Crippen molar-refractivity contribution >= 4 is 33.2 Å². The summed E-state index contributed by atoms with van der Waals surface area (Å²) in [5.74, 6) is -0.220. The molecule has 21 heavy (non-hydrogen) atoms. The molecule has 3 rings (SSSR count). The standard InChI is InChI=1S/C16H14BrFN2O/c17-12-5-10(6-14(19)8-12)9-20-15-3-2-13(18)7-11(15)1-4-16(20)21/h2-3,5-8H,1,4,9,19H2. The highest BCUT2D eigenvalue weighted by Crippen LogP contribution is 2.30. The molecule has 0 bridgehead atoms. The number of amides is 1. The van der Waals surface area contributed by atoms with Gasteiger partial charge in [0.15, 0.2) is 0 Å². The van der Waals surface area contributed by atoms with Gasteiger partial charge in [0.2, 0.25) is 5.91 Å². The van der Waals surface area contributed by atoms with Crippen molar-refractivity contribution in [2.45, 2.75) is 19.4 Å². The summed E-state index contributed by atoms with van der Waals surface area (Å²) < 4.78 is 14.2. The molecular weight excluding hydrogens is 335 g/mol. The van der Waals surface area contributed by atoms with Crippen LogP contribution in [0.15, 0.2) is 40.9 Å². The molecule has 0 unspecified atom stereocenters. The molecule has 1 aliphatic rings. The summed E-state index contributed by atoms with van der Waals surface area (Å²) in [5.41, 5.74) is 9.07. The maximum Gasteiger partial charge on any atom is 0.227 e. The predicted octanol–water partition coefficient (Wildman–Crippen LogP) is 3.65. The Morgan fingerprint density at radius 1 is 1.19 bits per heavy atom. The van der Waals surface area contributed by atoms with Gasteiger partial charge < -0.3 is 10.6 Å². The van der Waals surface area contributed by atoms with Gasteiger partial charge in [0.1, 0.15) is 5.82 Å². The van der Waals surface area contributed by atoms with E-state index in [1.807, 2.05) is 18.2 Å². The van der Waals surface area contributed by atoms with E-state index in [0.29, 0.717) is 25.1 Å². The van der Waals surface area contributed by atoms with E-state index in [-0.39, 0.29) is 11.7 Å². The molecule has 2 N–H and O–H groups in total. The number of hydrogen-bond donors (Lipinski definition) is 1. The number of carbonyl (C=O) groups is 1. The van der Waals surface area contributed by atoms with Crippen molar-refractivity contribution in [2.75, 3.05) is 10.6 Å². The number of benzene rings is 2. The molecule has 0 fully saturated rings. The molecule has 1 heterocycles. The first kappa shape index (κ1) is 14.1. The average Bonchev–Trinajstić information content (AvgIpc) is 2.41. The number of rotatable bonds is 2. The van der Waals surface area contributed by atoms with E-state index in [4.69, 9.17) is 5.73 Å². The zero-order valence-electron chi connectivity index (χ0n) is 11.3. The third-order valence-corrected chi connectivity index (χ3v) is 4.02. The molecule has 2 aromatic carbocycles. The Bertz CT molecular complexity index is 697. The lowest BCUT2D eigenvalue weighted by Crippen LogP contribution is -2.34. The molecule has 0 aliphatic carbocycles. The largest absolute Gasteiger partial charge is 0.399 e. The molecule has 0 spiro atoms. The number of aryl methyl sites for hydroxylation is 1. The molecule has 5 heteroatoms. The maximum atomic E-state index is 13.3. The molecule has 0 aromatic heterocycles. The SMILES string of the molecule is Nc1cc(Br)cc(CN2C(=O)CCc3cc(F)ccc32)c1. The molecule has 1 aliphatic heterocycles.